The van der Waals surface area contributed by atoms with Gasteiger partial charge in [0.2, 0.25) is 0 Å². The highest BCUT2D eigenvalue weighted by Gasteiger charge is 2.29. The molecule has 5 nitrogen and oxygen atoms in total. The van der Waals surface area contributed by atoms with Gasteiger partial charge in [0.1, 0.15) is 0 Å². The van der Waals surface area contributed by atoms with Gasteiger partial charge in [0.25, 0.3) is 0 Å². The van der Waals surface area contributed by atoms with Gasteiger partial charge >= 0.3 is 0 Å². The molecular weight excluding hydrogens is 238 g/mol. The van der Waals surface area contributed by atoms with Crippen LogP contribution in [0, 0.1) is 0 Å². The fourth-order valence-electron chi connectivity index (χ4n) is 2.12. The van der Waals surface area contributed by atoms with Crippen molar-refractivity contribution in [3.05, 3.63) is 0 Å². The summed E-state index contributed by atoms with van der Waals surface area (Å²) in [4.78, 5) is 0. The minimum atomic E-state index is -0.0701. The summed E-state index contributed by atoms with van der Waals surface area (Å²) in [6, 6.07) is 0.382. The Balaban J connectivity index is 2.05. The van der Waals surface area contributed by atoms with Crippen molar-refractivity contribution in [2.45, 2.75) is 38.3 Å². The molecule has 17 heavy (non-hydrogen) atoms. The van der Waals surface area contributed by atoms with Crippen LogP contribution in [0.2, 0.25) is 0 Å². The Labute approximate surface area is 105 Å². The summed E-state index contributed by atoms with van der Waals surface area (Å²) in [6.07, 6.45) is 1.96. The second-order valence-corrected chi connectivity index (χ2v) is 5.65. The molecule has 1 aliphatic heterocycles. The van der Waals surface area contributed by atoms with Crippen molar-refractivity contribution in [3.8, 4) is 5.75 Å². The van der Waals surface area contributed by atoms with E-state index in [-0.39, 0.29) is 5.60 Å². The van der Waals surface area contributed by atoms with Crippen LogP contribution in [0.15, 0.2) is 0 Å². The van der Waals surface area contributed by atoms with E-state index in [2.05, 4.69) is 23.5 Å². The van der Waals surface area contributed by atoms with Gasteiger partial charge < -0.3 is 20.5 Å². The number of ether oxygens (including phenoxy) is 2. The highest BCUT2D eigenvalue weighted by Crippen LogP contribution is 2.37. The second kappa shape index (κ2) is 4.70. The summed E-state index contributed by atoms with van der Waals surface area (Å²) in [6.45, 7) is 5.00. The Bertz CT molecular complexity index is 392. The molecule has 1 saturated heterocycles. The number of hydrogen-bond acceptors (Lipinski definition) is 6. The third kappa shape index (κ3) is 2.81. The van der Waals surface area contributed by atoms with Gasteiger partial charge in [-0.15, -0.1) is 0 Å². The number of methoxy groups -OCH3 is 1. The van der Waals surface area contributed by atoms with Gasteiger partial charge in [-0.05, 0) is 38.2 Å². The largest absolute Gasteiger partial charge is 0.490 e. The van der Waals surface area contributed by atoms with Crippen LogP contribution in [0.4, 0.5) is 10.8 Å². The van der Waals surface area contributed by atoms with Crippen LogP contribution in [0.5, 0.6) is 5.75 Å². The Morgan fingerprint density at radius 3 is 3.00 bits per heavy atom. The first-order chi connectivity index (χ1) is 8.02. The number of nitrogens with zero attached hydrogens (tertiary/aromatic N) is 1. The van der Waals surface area contributed by atoms with Crippen molar-refractivity contribution in [2.24, 2.45) is 0 Å². The number of nitrogen functional groups attached to an aromatic ring is 1. The Kier molecular flexibility index (Phi) is 3.44. The summed E-state index contributed by atoms with van der Waals surface area (Å²) in [5.74, 6) is 1.10. The first-order valence-corrected chi connectivity index (χ1v) is 6.49. The average molecular weight is 257 g/mol. The SMILES string of the molecule is COc1c(N)nsc1NC1CCOC(C)(C)C1. The lowest BCUT2D eigenvalue weighted by Crippen LogP contribution is -2.40. The molecule has 0 spiro atoms. The lowest BCUT2D eigenvalue weighted by Gasteiger charge is -2.36. The molecule has 0 saturated carbocycles. The van der Waals surface area contributed by atoms with Crippen LogP contribution < -0.4 is 15.8 Å². The van der Waals surface area contributed by atoms with Crippen LogP contribution >= 0.6 is 11.5 Å². The zero-order valence-corrected chi connectivity index (χ0v) is 11.3. The Hall–Kier alpha value is -1.01. The topological polar surface area (TPSA) is 69.4 Å². The standard InChI is InChI=1S/C11H19N3O2S/c1-11(2)6-7(4-5-16-11)13-10-8(15-3)9(12)14-17-10/h7,13H,4-6H2,1-3H3,(H2,12,14). The Morgan fingerprint density at radius 2 is 2.35 bits per heavy atom. The highest BCUT2D eigenvalue weighted by atomic mass is 32.1. The van der Waals surface area contributed by atoms with Crippen molar-refractivity contribution in [2.75, 3.05) is 24.8 Å². The van der Waals surface area contributed by atoms with E-state index in [1.165, 1.54) is 11.5 Å². The normalized spacial score (nSPS) is 23.4. The smallest absolute Gasteiger partial charge is 0.197 e. The average Bonchev–Trinajstić information content (AvgIpc) is 2.58. The molecule has 0 amide bonds. The minimum Gasteiger partial charge on any atom is -0.490 e. The molecule has 3 N–H and O–H groups in total. The summed E-state index contributed by atoms with van der Waals surface area (Å²) >= 11 is 1.34. The predicted octanol–water partition coefficient (Wildman–Crippen LogP) is 2.10. The van der Waals surface area contributed by atoms with E-state index < -0.39 is 0 Å². The fourth-order valence-corrected chi connectivity index (χ4v) is 2.89. The maximum absolute atomic E-state index is 5.72. The molecule has 0 bridgehead atoms. The molecule has 2 heterocycles. The molecule has 1 fully saturated rings. The maximum atomic E-state index is 5.72. The lowest BCUT2D eigenvalue weighted by molar-refractivity contribution is -0.0553. The van der Waals surface area contributed by atoms with E-state index in [0.29, 0.717) is 17.6 Å². The van der Waals surface area contributed by atoms with E-state index in [9.17, 15) is 0 Å². The molecule has 96 valence electrons. The predicted molar refractivity (Wildman–Crippen MR) is 69.8 cm³/mol. The van der Waals surface area contributed by atoms with Gasteiger partial charge in [0, 0.05) is 12.6 Å². The van der Waals surface area contributed by atoms with Crippen molar-refractivity contribution in [1.82, 2.24) is 4.37 Å². The molecule has 0 aromatic carbocycles. The van der Waals surface area contributed by atoms with Gasteiger partial charge in [0.15, 0.2) is 16.6 Å². The number of rotatable bonds is 3. The summed E-state index contributed by atoms with van der Waals surface area (Å²) in [7, 11) is 1.61. The third-order valence-electron chi connectivity index (χ3n) is 2.91. The van der Waals surface area contributed by atoms with E-state index in [4.69, 9.17) is 15.2 Å². The lowest BCUT2D eigenvalue weighted by atomic mass is 9.94. The number of hydrogen-bond donors (Lipinski definition) is 2. The molecule has 1 unspecified atom stereocenters. The van der Waals surface area contributed by atoms with E-state index >= 15 is 0 Å². The molecule has 0 aliphatic carbocycles. The maximum Gasteiger partial charge on any atom is 0.197 e. The van der Waals surface area contributed by atoms with Gasteiger partial charge in [0.05, 0.1) is 12.7 Å². The summed E-state index contributed by atoms with van der Waals surface area (Å²) in [5.41, 5.74) is 5.65. The van der Waals surface area contributed by atoms with Crippen molar-refractivity contribution < 1.29 is 9.47 Å². The Morgan fingerprint density at radius 1 is 1.59 bits per heavy atom. The van der Waals surface area contributed by atoms with Gasteiger partial charge in [-0.3, -0.25) is 0 Å². The number of anilines is 2. The zero-order valence-electron chi connectivity index (χ0n) is 10.4. The van der Waals surface area contributed by atoms with Crippen LogP contribution in [0.3, 0.4) is 0 Å². The van der Waals surface area contributed by atoms with Crippen molar-refractivity contribution in [3.63, 3.8) is 0 Å². The first kappa shape index (κ1) is 12.4. The first-order valence-electron chi connectivity index (χ1n) is 5.71. The fraction of sp³-hybridized carbons (Fsp3) is 0.727. The van der Waals surface area contributed by atoms with Crippen LogP contribution in [-0.2, 0) is 4.74 Å². The third-order valence-corrected chi connectivity index (χ3v) is 3.68. The van der Waals surface area contributed by atoms with E-state index in [1.807, 2.05) is 0 Å². The monoisotopic (exact) mass is 257 g/mol. The molecular formula is C11H19N3O2S. The number of nitrogens with two attached hydrogens (primary N) is 1. The molecule has 2 rings (SSSR count). The number of nitrogens with one attached hydrogen (secondary N) is 1. The molecule has 0 radical (unpaired) electrons. The van der Waals surface area contributed by atoms with Gasteiger partial charge in [-0.2, -0.15) is 4.37 Å². The summed E-state index contributed by atoms with van der Waals surface area (Å²) < 4.78 is 15.0. The summed E-state index contributed by atoms with van der Waals surface area (Å²) in [5, 5.41) is 4.36. The number of aromatic nitrogens is 1. The molecule has 1 aromatic rings. The van der Waals surface area contributed by atoms with E-state index in [1.54, 1.807) is 7.11 Å². The second-order valence-electron chi connectivity index (χ2n) is 4.87. The van der Waals surface area contributed by atoms with E-state index in [0.717, 1.165) is 24.4 Å². The van der Waals surface area contributed by atoms with Crippen LogP contribution in [-0.4, -0.2) is 29.7 Å². The van der Waals surface area contributed by atoms with Crippen LogP contribution in [0.25, 0.3) is 0 Å². The van der Waals surface area contributed by atoms with Gasteiger partial charge in [-0.25, -0.2) is 0 Å². The van der Waals surface area contributed by atoms with Crippen molar-refractivity contribution >= 4 is 22.4 Å². The molecule has 1 atom stereocenters. The van der Waals surface area contributed by atoms with Gasteiger partial charge in [-0.1, -0.05) is 0 Å². The quantitative estimate of drug-likeness (QED) is 0.868. The van der Waals surface area contributed by atoms with Crippen molar-refractivity contribution in [1.29, 1.82) is 0 Å². The molecule has 6 heteroatoms. The molecule has 1 aromatic heterocycles. The molecule has 1 aliphatic rings. The zero-order chi connectivity index (χ0) is 12.5. The highest BCUT2D eigenvalue weighted by molar-refractivity contribution is 7.11. The minimum absolute atomic E-state index is 0.0701. The van der Waals surface area contributed by atoms with Crippen LogP contribution in [0.1, 0.15) is 26.7 Å².